The summed E-state index contributed by atoms with van der Waals surface area (Å²) in [5, 5.41) is 0. The van der Waals surface area contributed by atoms with Gasteiger partial charge in [-0.3, -0.25) is 0 Å². The Morgan fingerprint density at radius 2 is 2.05 bits per heavy atom. The van der Waals surface area contributed by atoms with Crippen LogP contribution < -0.4 is 4.72 Å². The summed E-state index contributed by atoms with van der Waals surface area (Å²) < 4.78 is 58.5. The number of ether oxygens (including phenoxy) is 1. The normalized spacial score (nSPS) is 13.3. The first-order valence-corrected chi connectivity index (χ1v) is 8.74. The molecule has 1 heterocycles. The molecule has 4 nitrogen and oxygen atoms in total. The van der Waals surface area contributed by atoms with E-state index in [0.29, 0.717) is 10.4 Å². The van der Waals surface area contributed by atoms with E-state index in [1.165, 1.54) is 18.4 Å². The van der Waals surface area contributed by atoms with E-state index < -0.39 is 32.7 Å². The summed E-state index contributed by atoms with van der Waals surface area (Å²) >= 11 is 7.08. The standard InChI is InChI=1S/C13H12ClF2NO3S2/c1-20-10(11-3-5-13(14)21-11)7-17-22(18,19)12-4-2-8(15)6-9(12)16/h2-6,10,17H,7H2,1H3. The summed E-state index contributed by atoms with van der Waals surface area (Å²) in [6.07, 6.45) is -0.559. The zero-order chi connectivity index (χ0) is 16.3. The number of thiophene rings is 1. The monoisotopic (exact) mass is 367 g/mol. The Kier molecular flexibility index (Phi) is 5.51. The molecule has 0 aliphatic carbocycles. The van der Waals surface area contributed by atoms with Crippen molar-refractivity contribution in [2.45, 2.75) is 11.0 Å². The van der Waals surface area contributed by atoms with Gasteiger partial charge in [0.2, 0.25) is 10.0 Å². The second kappa shape index (κ2) is 7.01. The molecule has 1 aromatic carbocycles. The highest BCUT2D eigenvalue weighted by molar-refractivity contribution is 7.89. The molecular formula is C13H12ClF2NO3S2. The molecule has 0 saturated heterocycles. The van der Waals surface area contributed by atoms with Gasteiger partial charge < -0.3 is 4.74 Å². The molecule has 2 aromatic rings. The van der Waals surface area contributed by atoms with Crippen LogP contribution in [0.15, 0.2) is 35.2 Å². The van der Waals surface area contributed by atoms with Crippen molar-refractivity contribution in [1.29, 1.82) is 0 Å². The van der Waals surface area contributed by atoms with Crippen LogP contribution in [0.4, 0.5) is 8.78 Å². The number of hydrogen-bond donors (Lipinski definition) is 1. The maximum absolute atomic E-state index is 13.6. The van der Waals surface area contributed by atoms with Gasteiger partial charge >= 0.3 is 0 Å². The summed E-state index contributed by atoms with van der Waals surface area (Å²) in [6.45, 7) is -0.105. The fraction of sp³-hybridized carbons (Fsp3) is 0.231. The van der Waals surface area contributed by atoms with Crippen molar-refractivity contribution in [3.8, 4) is 0 Å². The molecule has 22 heavy (non-hydrogen) atoms. The van der Waals surface area contributed by atoms with E-state index >= 15 is 0 Å². The van der Waals surface area contributed by atoms with Crippen molar-refractivity contribution < 1.29 is 21.9 Å². The minimum absolute atomic E-state index is 0.105. The van der Waals surface area contributed by atoms with E-state index in [1.54, 1.807) is 12.1 Å². The van der Waals surface area contributed by atoms with Gasteiger partial charge in [0, 0.05) is 24.6 Å². The van der Waals surface area contributed by atoms with Gasteiger partial charge in [-0.2, -0.15) is 0 Å². The maximum Gasteiger partial charge on any atom is 0.243 e. The minimum Gasteiger partial charge on any atom is -0.375 e. The zero-order valence-electron chi connectivity index (χ0n) is 11.3. The number of sulfonamides is 1. The van der Waals surface area contributed by atoms with Crippen molar-refractivity contribution in [3.63, 3.8) is 0 Å². The average Bonchev–Trinajstić information content (AvgIpc) is 2.85. The number of benzene rings is 1. The summed E-state index contributed by atoms with van der Waals surface area (Å²) in [6, 6.07) is 5.65. The third-order valence-electron chi connectivity index (χ3n) is 2.84. The number of hydrogen-bond acceptors (Lipinski definition) is 4. The van der Waals surface area contributed by atoms with Crippen LogP contribution in [0.3, 0.4) is 0 Å². The van der Waals surface area contributed by atoms with Crippen LogP contribution in [-0.4, -0.2) is 22.1 Å². The molecule has 120 valence electrons. The van der Waals surface area contributed by atoms with Crippen LogP contribution in [0.1, 0.15) is 11.0 Å². The van der Waals surface area contributed by atoms with Crippen LogP contribution in [-0.2, 0) is 14.8 Å². The maximum atomic E-state index is 13.6. The molecule has 0 spiro atoms. The van der Waals surface area contributed by atoms with Gasteiger partial charge in [0.25, 0.3) is 0 Å². The zero-order valence-corrected chi connectivity index (χ0v) is 13.7. The first kappa shape index (κ1) is 17.3. The van der Waals surface area contributed by atoms with E-state index in [-0.39, 0.29) is 6.54 Å². The molecule has 2 rings (SSSR count). The van der Waals surface area contributed by atoms with Gasteiger partial charge in [0.05, 0.1) is 4.34 Å². The molecule has 0 radical (unpaired) electrons. The third kappa shape index (κ3) is 4.02. The van der Waals surface area contributed by atoms with E-state index in [0.717, 1.165) is 17.0 Å². The Hall–Kier alpha value is -1.06. The number of nitrogens with one attached hydrogen (secondary N) is 1. The van der Waals surface area contributed by atoms with Crippen molar-refractivity contribution in [1.82, 2.24) is 4.72 Å². The second-order valence-electron chi connectivity index (χ2n) is 4.29. The highest BCUT2D eigenvalue weighted by Gasteiger charge is 2.22. The second-order valence-corrected chi connectivity index (χ2v) is 7.77. The van der Waals surface area contributed by atoms with E-state index in [9.17, 15) is 17.2 Å². The van der Waals surface area contributed by atoms with Gasteiger partial charge in [-0.25, -0.2) is 21.9 Å². The molecule has 1 unspecified atom stereocenters. The lowest BCUT2D eigenvalue weighted by molar-refractivity contribution is 0.110. The summed E-state index contributed by atoms with van der Waals surface area (Å²) in [5.41, 5.74) is 0. The highest BCUT2D eigenvalue weighted by atomic mass is 35.5. The average molecular weight is 368 g/mol. The van der Waals surface area contributed by atoms with Crippen LogP contribution in [0.5, 0.6) is 0 Å². The Balaban J connectivity index is 2.14. The van der Waals surface area contributed by atoms with Gasteiger partial charge in [-0.1, -0.05) is 11.6 Å². The molecule has 0 bridgehead atoms. The first-order valence-electron chi connectivity index (χ1n) is 6.06. The van der Waals surface area contributed by atoms with Crippen LogP contribution >= 0.6 is 22.9 Å². The quantitative estimate of drug-likeness (QED) is 0.851. The van der Waals surface area contributed by atoms with Gasteiger partial charge in [-0.15, -0.1) is 11.3 Å². The van der Waals surface area contributed by atoms with Crippen LogP contribution in [0.25, 0.3) is 0 Å². The summed E-state index contributed by atoms with van der Waals surface area (Å²) in [7, 11) is -2.69. The smallest absolute Gasteiger partial charge is 0.243 e. The molecule has 0 fully saturated rings. The number of methoxy groups -OCH3 is 1. The lowest BCUT2D eigenvalue weighted by Crippen LogP contribution is -2.29. The molecular weight excluding hydrogens is 356 g/mol. The van der Waals surface area contributed by atoms with E-state index in [4.69, 9.17) is 16.3 Å². The molecule has 1 atom stereocenters. The SMILES string of the molecule is COC(CNS(=O)(=O)c1ccc(F)cc1F)c1ccc(Cl)s1. The van der Waals surface area contributed by atoms with E-state index in [1.807, 2.05) is 0 Å². The summed E-state index contributed by atoms with van der Waals surface area (Å²) in [4.78, 5) is 0.114. The number of rotatable bonds is 6. The van der Waals surface area contributed by atoms with Gasteiger partial charge in [-0.05, 0) is 24.3 Å². The fourth-order valence-corrected chi connectivity index (χ4v) is 3.99. The molecule has 0 amide bonds. The Bertz CT molecular complexity index is 764. The van der Waals surface area contributed by atoms with Gasteiger partial charge in [0.15, 0.2) is 0 Å². The predicted octanol–water partition coefficient (Wildman–Crippen LogP) is 3.35. The molecule has 0 saturated carbocycles. The molecule has 9 heteroatoms. The molecule has 0 aliphatic heterocycles. The van der Waals surface area contributed by atoms with Crippen molar-refractivity contribution >= 4 is 33.0 Å². The molecule has 1 N–H and O–H groups in total. The largest absolute Gasteiger partial charge is 0.375 e. The number of halogens is 3. The summed E-state index contributed by atoms with van der Waals surface area (Å²) in [5.74, 6) is -2.00. The van der Waals surface area contributed by atoms with Crippen LogP contribution in [0, 0.1) is 11.6 Å². The Morgan fingerprint density at radius 3 is 2.59 bits per heavy atom. The highest BCUT2D eigenvalue weighted by Crippen LogP contribution is 2.28. The van der Waals surface area contributed by atoms with Crippen molar-refractivity contribution in [2.75, 3.05) is 13.7 Å². The topological polar surface area (TPSA) is 55.4 Å². The Morgan fingerprint density at radius 1 is 1.32 bits per heavy atom. The van der Waals surface area contributed by atoms with Crippen molar-refractivity contribution in [2.24, 2.45) is 0 Å². The van der Waals surface area contributed by atoms with Crippen molar-refractivity contribution in [3.05, 3.63) is 51.2 Å². The lowest BCUT2D eigenvalue weighted by Gasteiger charge is -2.15. The minimum atomic E-state index is -4.11. The van der Waals surface area contributed by atoms with E-state index in [2.05, 4.69) is 4.72 Å². The third-order valence-corrected chi connectivity index (χ3v) is 5.62. The molecule has 1 aromatic heterocycles. The van der Waals surface area contributed by atoms with Gasteiger partial charge in [0.1, 0.15) is 22.6 Å². The molecule has 0 aliphatic rings. The predicted molar refractivity (Wildman–Crippen MR) is 80.6 cm³/mol. The first-order chi connectivity index (χ1) is 10.3. The van der Waals surface area contributed by atoms with Crippen LogP contribution in [0.2, 0.25) is 4.34 Å². The lowest BCUT2D eigenvalue weighted by atomic mass is 10.3. The fourth-order valence-electron chi connectivity index (χ4n) is 1.76. The Labute approximate surface area is 135 Å².